The van der Waals surface area contributed by atoms with Crippen LogP contribution in [0.25, 0.3) is 5.76 Å². The lowest BCUT2D eigenvalue weighted by molar-refractivity contribution is -0.140. The van der Waals surface area contributed by atoms with Crippen LogP contribution in [0.2, 0.25) is 10.0 Å². The van der Waals surface area contributed by atoms with Crippen molar-refractivity contribution in [2.75, 3.05) is 20.3 Å². The fourth-order valence-electron chi connectivity index (χ4n) is 3.08. The Hall–Kier alpha value is -2.34. The van der Waals surface area contributed by atoms with Gasteiger partial charge in [-0.2, -0.15) is 0 Å². The minimum absolute atomic E-state index is 0.0145. The molecule has 5 nitrogen and oxygen atoms in total. The topological polar surface area (TPSA) is 66.8 Å². The maximum Gasteiger partial charge on any atom is 0.295 e. The summed E-state index contributed by atoms with van der Waals surface area (Å²) in [6.07, 6.45) is 0. The Labute approximate surface area is 166 Å². The molecule has 0 radical (unpaired) electrons. The number of carbonyl (C=O) groups excluding carboxylic acids is 2. The van der Waals surface area contributed by atoms with E-state index in [0.29, 0.717) is 21.2 Å². The van der Waals surface area contributed by atoms with Crippen LogP contribution in [-0.2, 0) is 14.3 Å². The summed E-state index contributed by atoms with van der Waals surface area (Å²) < 4.78 is 5.06. The minimum atomic E-state index is -0.782. The highest BCUT2D eigenvalue weighted by molar-refractivity contribution is 6.46. The third-order valence-corrected chi connectivity index (χ3v) is 5.12. The molecule has 1 fully saturated rings. The van der Waals surface area contributed by atoms with E-state index in [2.05, 4.69) is 0 Å². The summed E-state index contributed by atoms with van der Waals surface area (Å²) in [6, 6.07) is 12.7. The first-order chi connectivity index (χ1) is 13.0. The van der Waals surface area contributed by atoms with Gasteiger partial charge < -0.3 is 14.7 Å². The van der Waals surface area contributed by atoms with Gasteiger partial charge in [-0.1, -0.05) is 59.6 Å². The number of ketones is 1. The van der Waals surface area contributed by atoms with E-state index in [9.17, 15) is 14.7 Å². The van der Waals surface area contributed by atoms with Crippen molar-refractivity contribution < 1.29 is 19.4 Å². The number of aliphatic hydroxyl groups excluding tert-OH is 1. The van der Waals surface area contributed by atoms with Crippen LogP contribution in [0.15, 0.2) is 54.1 Å². The van der Waals surface area contributed by atoms with E-state index < -0.39 is 17.7 Å². The Balaban J connectivity index is 2.18. The first-order valence-corrected chi connectivity index (χ1v) is 8.99. The molecule has 1 aliphatic heterocycles. The smallest absolute Gasteiger partial charge is 0.295 e. The number of carbonyl (C=O) groups is 2. The molecule has 2 aromatic carbocycles. The van der Waals surface area contributed by atoms with Crippen molar-refractivity contribution in [3.05, 3.63) is 75.3 Å². The van der Waals surface area contributed by atoms with E-state index >= 15 is 0 Å². The van der Waals surface area contributed by atoms with Crippen molar-refractivity contribution in [3.8, 4) is 0 Å². The molecule has 0 saturated carbocycles. The highest BCUT2D eigenvalue weighted by Crippen LogP contribution is 2.40. The van der Waals surface area contributed by atoms with E-state index in [1.54, 1.807) is 48.5 Å². The fraction of sp³-hybridized carbons (Fsp3) is 0.200. The van der Waals surface area contributed by atoms with Crippen molar-refractivity contribution in [2.45, 2.75) is 6.04 Å². The van der Waals surface area contributed by atoms with Crippen LogP contribution in [0, 0.1) is 0 Å². The second-order valence-corrected chi connectivity index (χ2v) is 6.84. The number of methoxy groups -OCH3 is 1. The van der Waals surface area contributed by atoms with Crippen LogP contribution in [0.1, 0.15) is 17.2 Å². The van der Waals surface area contributed by atoms with Crippen molar-refractivity contribution in [3.63, 3.8) is 0 Å². The third kappa shape index (κ3) is 3.72. The quantitative estimate of drug-likeness (QED) is 0.462. The van der Waals surface area contributed by atoms with Gasteiger partial charge in [0.2, 0.25) is 0 Å². The summed E-state index contributed by atoms with van der Waals surface area (Å²) in [5.74, 6) is -1.67. The summed E-state index contributed by atoms with van der Waals surface area (Å²) in [5.41, 5.74) is 1.05. The zero-order valence-corrected chi connectivity index (χ0v) is 16.0. The summed E-state index contributed by atoms with van der Waals surface area (Å²) in [4.78, 5) is 26.7. The van der Waals surface area contributed by atoms with Gasteiger partial charge in [0.05, 0.1) is 28.3 Å². The number of hydrogen-bond acceptors (Lipinski definition) is 4. The van der Waals surface area contributed by atoms with Gasteiger partial charge in [0, 0.05) is 19.2 Å². The lowest BCUT2D eigenvalue weighted by Crippen LogP contribution is -2.32. The van der Waals surface area contributed by atoms with Crippen LogP contribution in [0.3, 0.4) is 0 Å². The average molecular weight is 406 g/mol. The second kappa shape index (κ2) is 8.13. The molecule has 1 amide bonds. The number of amides is 1. The molecule has 1 aliphatic rings. The number of benzene rings is 2. The number of likely N-dealkylation sites (tertiary alicyclic amines) is 1. The molecule has 0 aromatic heterocycles. The van der Waals surface area contributed by atoms with Gasteiger partial charge in [0.25, 0.3) is 11.7 Å². The highest BCUT2D eigenvalue weighted by atomic mass is 35.5. The van der Waals surface area contributed by atoms with Crippen LogP contribution in [0.5, 0.6) is 0 Å². The maximum atomic E-state index is 12.7. The molecule has 1 heterocycles. The SMILES string of the molecule is COCCN1C(=O)C(=O)/C(=C(/O)c2ccccc2)[C@H]1c1ccc(Cl)c(Cl)c1. The van der Waals surface area contributed by atoms with Crippen molar-refractivity contribution >= 4 is 40.7 Å². The average Bonchev–Trinajstić information content (AvgIpc) is 2.93. The fourth-order valence-corrected chi connectivity index (χ4v) is 3.39. The molecule has 0 unspecified atom stereocenters. The van der Waals surface area contributed by atoms with Gasteiger partial charge in [-0.3, -0.25) is 9.59 Å². The van der Waals surface area contributed by atoms with Gasteiger partial charge in [-0.05, 0) is 17.7 Å². The molecule has 140 valence electrons. The summed E-state index contributed by atoms with van der Waals surface area (Å²) in [6.45, 7) is 0.438. The second-order valence-electron chi connectivity index (χ2n) is 6.02. The Morgan fingerprint density at radius 3 is 2.44 bits per heavy atom. The first kappa shape index (κ1) is 19.4. The van der Waals surface area contributed by atoms with E-state index in [1.807, 2.05) is 0 Å². The lowest BCUT2D eigenvalue weighted by Gasteiger charge is -2.25. The zero-order valence-electron chi connectivity index (χ0n) is 14.5. The number of halogens is 2. The van der Waals surface area contributed by atoms with Crippen molar-refractivity contribution in [2.24, 2.45) is 0 Å². The predicted molar refractivity (Wildman–Crippen MR) is 104 cm³/mol. The van der Waals surface area contributed by atoms with Crippen LogP contribution in [-0.4, -0.2) is 42.0 Å². The molecule has 1 atom stereocenters. The Morgan fingerprint density at radius 1 is 1.11 bits per heavy atom. The largest absolute Gasteiger partial charge is 0.507 e. The molecule has 1 saturated heterocycles. The molecule has 2 aromatic rings. The van der Waals surface area contributed by atoms with Gasteiger partial charge in [0.15, 0.2) is 0 Å². The van der Waals surface area contributed by atoms with Crippen molar-refractivity contribution in [1.82, 2.24) is 4.90 Å². The van der Waals surface area contributed by atoms with Gasteiger partial charge in [-0.25, -0.2) is 0 Å². The Morgan fingerprint density at radius 2 is 1.81 bits per heavy atom. The molecular weight excluding hydrogens is 389 g/mol. The molecular formula is C20H17Cl2NO4. The van der Waals surface area contributed by atoms with Crippen LogP contribution in [0.4, 0.5) is 0 Å². The Bertz CT molecular complexity index is 911. The number of ether oxygens (including phenoxy) is 1. The van der Waals surface area contributed by atoms with Crippen molar-refractivity contribution in [1.29, 1.82) is 0 Å². The summed E-state index contributed by atoms with van der Waals surface area (Å²) in [5, 5.41) is 11.5. The lowest BCUT2D eigenvalue weighted by atomic mass is 9.95. The van der Waals surface area contributed by atoms with E-state index in [4.69, 9.17) is 27.9 Å². The molecule has 1 N–H and O–H groups in total. The summed E-state index contributed by atoms with van der Waals surface area (Å²) in [7, 11) is 1.51. The molecule has 3 rings (SSSR count). The maximum absolute atomic E-state index is 12.7. The first-order valence-electron chi connectivity index (χ1n) is 8.23. The predicted octanol–water partition coefficient (Wildman–Crippen LogP) is 4.06. The molecule has 7 heteroatoms. The molecule has 0 bridgehead atoms. The highest BCUT2D eigenvalue weighted by Gasteiger charge is 2.45. The number of nitrogens with zero attached hydrogens (tertiary/aromatic N) is 1. The van der Waals surface area contributed by atoms with Crippen LogP contribution < -0.4 is 0 Å². The van der Waals surface area contributed by atoms with Crippen LogP contribution >= 0.6 is 23.2 Å². The number of aliphatic hydroxyl groups is 1. The molecule has 0 spiro atoms. The number of rotatable bonds is 5. The third-order valence-electron chi connectivity index (χ3n) is 4.38. The monoisotopic (exact) mass is 405 g/mol. The Kier molecular flexibility index (Phi) is 5.85. The summed E-state index contributed by atoms with van der Waals surface area (Å²) >= 11 is 12.1. The van der Waals surface area contributed by atoms with E-state index in [1.165, 1.54) is 12.0 Å². The standard InChI is InChI=1S/C20H17Cl2NO4/c1-27-10-9-23-17(13-7-8-14(21)15(22)11-13)16(19(25)20(23)26)18(24)12-5-3-2-4-6-12/h2-8,11,17,24H,9-10H2,1H3/b18-16+/t17-/m1/s1. The van der Waals surface area contributed by atoms with E-state index in [-0.39, 0.29) is 24.5 Å². The van der Waals surface area contributed by atoms with Gasteiger partial charge in [-0.15, -0.1) is 0 Å². The van der Waals surface area contributed by atoms with Gasteiger partial charge >= 0.3 is 0 Å². The van der Waals surface area contributed by atoms with Gasteiger partial charge in [0.1, 0.15) is 5.76 Å². The zero-order chi connectivity index (χ0) is 19.6. The normalized spacial score (nSPS) is 18.9. The minimum Gasteiger partial charge on any atom is -0.507 e. The number of Topliss-reactive ketones (excluding diaryl/α,β-unsaturated/α-hetero) is 1. The van der Waals surface area contributed by atoms with E-state index in [0.717, 1.165) is 0 Å². The molecule has 0 aliphatic carbocycles. The number of hydrogen-bond donors (Lipinski definition) is 1. The molecule has 27 heavy (non-hydrogen) atoms.